The fraction of sp³-hybridized carbons (Fsp3) is 0.188. The molecule has 0 spiro atoms. The second-order valence-corrected chi connectivity index (χ2v) is 5.21. The van der Waals surface area contributed by atoms with Crippen LogP contribution >= 0.6 is 11.6 Å². The molecule has 0 radical (unpaired) electrons. The van der Waals surface area contributed by atoms with Crippen LogP contribution in [0.1, 0.15) is 28.8 Å². The van der Waals surface area contributed by atoms with Gasteiger partial charge >= 0.3 is 0 Å². The van der Waals surface area contributed by atoms with E-state index in [1.165, 1.54) is 12.1 Å². The summed E-state index contributed by atoms with van der Waals surface area (Å²) in [5, 5.41) is 0.114. The first kappa shape index (κ1) is 13.1. The fourth-order valence-corrected chi connectivity index (χ4v) is 2.17. The van der Waals surface area contributed by atoms with Gasteiger partial charge in [-0.3, -0.25) is 4.79 Å². The Labute approximate surface area is 121 Å². The van der Waals surface area contributed by atoms with Crippen LogP contribution in [-0.2, 0) is 0 Å². The smallest absolute Gasteiger partial charge is 0.194 e. The molecule has 20 heavy (non-hydrogen) atoms. The van der Waals surface area contributed by atoms with Gasteiger partial charge in [0.25, 0.3) is 0 Å². The van der Waals surface area contributed by atoms with Gasteiger partial charge < -0.3 is 4.74 Å². The van der Waals surface area contributed by atoms with Gasteiger partial charge in [-0.2, -0.15) is 0 Å². The summed E-state index contributed by atoms with van der Waals surface area (Å²) in [6.07, 6.45) is 2.39. The molecule has 0 unspecified atom stereocenters. The molecule has 102 valence electrons. The van der Waals surface area contributed by atoms with Crippen molar-refractivity contribution in [1.29, 1.82) is 0 Å². The third kappa shape index (κ3) is 2.83. The summed E-state index contributed by atoms with van der Waals surface area (Å²) in [5.41, 5.74) is 0.772. The Hall–Kier alpha value is -1.87. The highest BCUT2D eigenvalue weighted by atomic mass is 35.5. The summed E-state index contributed by atoms with van der Waals surface area (Å²) in [6, 6.07) is 10.7. The zero-order chi connectivity index (χ0) is 14.1. The van der Waals surface area contributed by atoms with Gasteiger partial charge in [-0.1, -0.05) is 23.7 Å². The van der Waals surface area contributed by atoms with Gasteiger partial charge in [0.05, 0.1) is 11.1 Å². The molecule has 1 saturated carbocycles. The quantitative estimate of drug-likeness (QED) is 0.787. The lowest BCUT2D eigenvalue weighted by atomic mass is 10.0. The third-order valence-electron chi connectivity index (χ3n) is 3.10. The Morgan fingerprint density at radius 2 is 2.00 bits per heavy atom. The Morgan fingerprint density at radius 3 is 2.70 bits per heavy atom. The molecule has 1 aliphatic carbocycles. The van der Waals surface area contributed by atoms with Crippen LogP contribution in [0, 0.1) is 5.82 Å². The Bertz CT molecular complexity index is 665. The molecule has 0 bridgehead atoms. The largest absolute Gasteiger partial charge is 0.490 e. The zero-order valence-electron chi connectivity index (χ0n) is 10.6. The number of halogens is 2. The van der Waals surface area contributed by atoms with Gasteiger partial charge in [-0.05, 0) is 43.2 Å². The van der Waals surface area contributed by atoms with Gasteiger partial charge in [0.15, 0.2) is 5.78 Å². The van der Waals surface area contributed by atoms with E-state index in [-0.39, 0.29) is 22.5 Å². The molecule has 0 heterocycles. The first-order valence-electron chi connectivity index (χ1n) is 6.40. The van der Waals surface area contributed by atoms with Gasteiger partial charge in [0, 0.05) is 11.1 Å². The molecule has 0 aromatic heterocycles. The average Bonchev–Trinajstić information content (AvgIpc) is 3.22. The van der Waals surface area contributed by atoms with Crippen molar-refractivity contribution in [2.45, 2.75) is 18.9 Å². The number of ether oxygens (including phenoxy) is 1. The van der Waals surface area contributed by atoms with Crippen LogP contribution in [0.25, 0.3) is 0 Å². The van der Waals surface area contributed by atoms with Gasteiger partial charge in [-0.25, -0.2) is 4.39 Å². The van der Waals surface area contributed by atoms with E-state index < -0.39 is 5.82 Å². The molecule has 2 aromatic rings. The monoisotopic (exact) mass is 290 g/mol. The molecular weight excluding hydrogens is 279 g/mol. The van der Waals surface area contributed by atoms with Crippen molar-refractivity contribution < 1.29 is 13.9 Å². The average molecular weight is 291 g/mol. The van der Waals surface area contributed by atoms with Crippen molar-refractivity contribution in [1.82, 2.24) is 0 Å². The van der Waals surface area contributed by atoms with Crippen LogP contribution < -0.4 is 4.74 Å². The van der Waals surface area contributed by atoms with E-state index in [9.17, 15) is 9.18 Å². The van der Waals surface area contributed by atoms with Crippen LogP contribution in [0.5, 0.6) is 5.75 Å². The maximum absolute atomic E-state index is 13.0. The van der Waals surface area contributed by atoms with Gasteiger partial charge in [0.1, 0.15) is 11.6 Å². The molecule has 3 rings (SSSR count). The highest BCUT2D eigenvalue weighted by molar-refractivity contribution is 6.35. The van der Waals surface area contributed by atoms with Crippen molar-refractivity contribution in [3.05, 3.63) is 64.4 Å². The summed E-state index contributed by atoms with van der Waals surface area (Å²) in [5.74, 6) is -0.0230. The number of rotatable bonds is 4. The molecular formula is C16H12ClFO2. The van der Waals surface area contributed by atoms with E-state index in [0.717, 1.165) is 18.9 Å². The summed E-state index contributed by atoms with van der Waals surface area (Å²) in [7, 11) is 0. The minimum absolute atomic E-state index is 0.114. The Balaban J connectivity index is 1.89. The topological polar surface area (TPSA) is 26.3 Å². The molecule has 0 amide bonds. The number of hydrogen-bond acceptors (Lipinski definition) is 2. The normalized spacial score (nSPS) is 14.1. The van der Waals surface area contributed by atoms with E-state index in [1.54, 1.807) is 18.2 Å². The lowest BCUT2D eigenvalue weighted by Crippen LogP contribution is -2.04. The minimum atomic E-state index is -0.461. The molecule has 0 N–H and O–H groups in total. The lowest BCUT2D eigenvalue weighted by molar-refractivity contribution is 0.103. The predicted octanol–water partition coefficient (Wildman–Crippen LogP) is 4.25. The highest BCUT2D eigenvalue weighted by Crippen LogP contribution is 2.28. The number of benzene rings is 2. The van der Waals surface area contributed by atoms with Crippen LogP contribution in [0.3, 0.4) is 0 Å². The van der Waals surface area contributed by atoms with Crippen molar-refractivity contribution in [2.24, 2.45) is 0 Å². The minimum Gasteiger partial charge on any atom is -0.490 e. The lowest BCUT2D eigenvalue weighted by Gasteiger charge is -2.07. The molecule has 0 atom stereocenters. The van der Waals surface area contributed by atoms with Crippen molar-refractivity contribution in [3.63, 3.8) is 0 Å². The van der Waals surface area contributed by atoms with Crippen molar-refractivity contribution in [2.75, 3.05) is 0 Å². The van der Waals surface area contributed by atoms with E-state index in [1.807, 2.05) is 6.07 Å². The first-order chi connectivity index (χ1) is 9.63. The van der Waals surface area contributed by atoms with Crippen LogP contribution in [0.2, 0.25) is 5.02 Å². The number of hydrogen-bond donors (Lipinski definition) is 0. The van der Waals surface area contributed by atoms with E-state index in [4.69, 9.17) is 16.3 Å². The zero-order valence-corrected chi connectivity index (χ0v) is 11.4. The summed E-state index contributed by atoms with van der Waals surface area (Å²) in [6.45, 7) is 0. The second-order valence-electron chi connectivity index (χ2n) is 4.80. The van der Waals surface area contributed by atoms with Crippen LogP contribution in [0.4, 0.5) is 4.39 Å². The van der Waals surface area contributed by atoms with E-state index in [0.29, 0.717) is 11.3 Å². The van der Waals surface area contributed by atoms with Crippen LogP contribution in [-0.4, -0.2) is 11.9 Å². The molecule has 0 aliphatic heterocycles. The molecule has 1 aliphatic rings. The molecule has 4 heteroatoms. The summed E-state index contributed by atoms with van der Waals surface area (Å²) in [4.78, 5) is 12.4. The first-order valence-corrected chi connectivity index (χ1v) is 6.78. The second kappa shape index (κ2) is 5.25. The van der Waals surface area contributed by atoms with Gasteiger partial charge in [-0.15, -0.1) is 0 Å². The standard InChI is InChI=1S/C16H12ClFO2/c17-15-9-11(18)4-7-14(15)16(19)10-2-1-3-13(8-10)20-12-5-6-12/h1-4,7-9,12H,5-6H2. The number of ketones is 1. The molecule has 2 nitrogen and oxygen atoms in total. The Morgan fingerprint density at radius 1 is 1.20 bits per heavy atom. The van der Waals surface area contributed by atoms with Crippen molar-refractivity contribution >= 4 is 17.4 Å². The fourth-order valence-electron chi connectivity index (χ4n) is 1.92. The van der Waals surface area contributed by atoms with Crippen molar-refractivity contribution in [3.8, 4) is 5.75 Å². The SMILES string of the molecule is O=C(c1cccc(OC2CC2)c1)c1ccc(F)cc1Cl. The molecule has 1 fully saturated rings. The maximum atomic E-state index is 13.0. The summed E-state index contributed by atoms with van der Waals surface area (Å²) >= 11 is 5.92. The maximum Gasteiger partial charge on any atom is 0.194 e. The highest BCUT2D eigenvalue weighted by Gasteiger charge is 2.24. The third-order valence-corrected chi connectivity index (χ3v) is 3.41. The van der Waals surface area contributed by atoms with Gasteiger partial charge in [0.2, 0.25) is 0 Å². The van der Waals surface area contributed by atoms with E-state index in [2.05, 4.69) is 0 Å². The Kier molecular flexibility index (Phi) is 3.45. The predicted molar refractivity (Wildman–Crippen MR) is 74.9 cm³/mol. The summed E-state index contributed by atoms with van der Waals surface area (Å²) < 4.78 is 18.7. The molecule has 2 aromatic carbocycles. The van der Waals surface area contributed by atoms with E-state index >= 15 is 0 Å². The van der Waals surface area contributed by atoms with Crippen LogP contribution in [0.15, 0.2) is 42.5 Å². The number of carbonyl (C=O) groups is 1. The molecule has 0 saturated heterocycles. The number of carbonyl (C=O) groups excluding carboxylic acids is 1.